The number of thioether (sulfide) groups is 1. The fourth-order valence-corrected chi connectivity index (χ4v) is 3.20. The molecule has 1 N–H and O–H groups in total. The van der Waals surface area contributed by atoms with Crippen LogP contribution in [0.15, 0.2) is 23.1 Å². The number of carbonyl (C=O) groups is 1. The Kier molecular flexibility index (Phi) is 2.20. The van der Waals surface area contributed by atoms with Crippen LogP contribution in [0.2, 0.25) is 0 Å². The summed E-state index contributed by atoms with van der Waals surface area (Å²) in [4.78, 5) is 12.4. The van der Waals surface area contributed by atoms with Gasteiger partial charge in [-0.05, 0) is 30.0 Å². The van der Waals surface area contributed by atoms with Gasteiger partial charge in [0.1, 0.15) is 0 Å². The lowest BCUT2D eigenvalue weighted by Gasteiger charge is -2.18. The van der Waals surface area contributed by atoms with Crippen LogP contribution in [-0.2, 0) is 10.2 Å². The van der Waals surface area contributed by atoms with Crippen molar-refractivity contribution in [1.82, 2.24) is 0 Å². The Bertz CT molecular complexity index is 549. The van der Waals surface area contributed by atoms with Gasteiger partial charge in [0.05, 0.1) is 22.9 Å². The predicted molar refractivity (Wildman–Crippen MR) is 66.9 cm³/mol. The van der Waals surface area contributed by atoms with Crippen molar-refractivity contribution in [3.8, 4) is 6.07 Å². The molecule has 1 aliphatic heterocycles. The molecule has 1 aliphatic carbocycles. The maximum absolute atomic E-state index is 11.3. The number of hydrogen-bond donors (Lipinski definition) is 1. The maximum atomic E-state index is 11.3. The number of carbonyl (C=O) groups excluding carboxylic acids is 1. The van der Waals surface area contributed by atoms with Crippen molar-refractivity contribution in [2.24, 2.45) is 5.92 Å². The molecule has 1 fully saturated rings. The van der Waals surface area contributed by atoms with Gasteiger partial charge in [-0.25, -0.2) is 0 Å². The van der Waals surface area contributed by atoms with Crippen molar-refractivity contribution < 1.29 is 4.79 Å². The Balaban J connectivity index is 2.02. The molecular formula is C13H12N2OS. The van der Waals surface area contributed by atoms with Crippen LogP contribution in [0.25, 0.3) is 0 Å². The zero-order chi connectivity index (χ0) is 12.0. The summed E-state index contributed by atoms with van der Waals surface area (Å²) in [6.07, 6.45) is 0.920. The number of benzene rings is 1. The van der Waals surface area contributed by atoms with Crippen LogP contribution < -0.4 is 5.32 Å². The molecule has 2 unspecified atom stereocenters. The molecule has 86 valence electrons. The zero-order valence-corrected chi connectivity index (χ0v) is 10.3. The molecule has 0 saturated heterocycles. The van der Waals surface area contributed by atoms with E-state index in [1.165, 1.54) is 0 Å². The lowest BCUT2D eigenvalue weighted by atomic mass is 9.95. The molecule has 1 heterocycles. The van der Waals surface area contributed by atoms with E-state index in [9.17, 15) is 10.1 Å². The lowest BCUT2D eigenvalue weighted by Crippen LogP contribution is -2.19. The Hall–Kier alpha value is -1.47. The van der Waals surface area contributed by atoms with E-state index in [0.29, 0.717) is 11.7 Å². The molecular weight excluding hydrogens is 232 g/mol. The molecule has 1 amide bonds. The summed E-state index contributed by atoms with van der Waals surface area (Å²) >= 11 is 1.55. The van der Waals surface area contributed by atoms with Crippen molar-refractivity contribution in [2.45, 2.75) is 23.7 Å². The topological polar surface area (TPSA) is 52.9 Å². The van der Waals surface area contributed by atoms with E-state index in [-0.39, 0.29) is 11.3 Å². The highest BCUT2D eigenvalue weighted by molar-refractivity contribution is 8.00. The quantitative estimate of drug-likeness (QED) is 0.826. The molecule has 17 heavy (non-hydrogen) atoms. The molecule has 1 saturated carbocycles. The maximum Gasteiger partial charge on any atom is 0.234 e. The molecule has 3 rings (SSSR count). The highest BCUT2D eigenvalue weighted by atomic mass is 32.2. The smallest absolute Gasteiger partial charge is 0.234 e. The average Bonchev–Trinajstić information content (AvgIpc) is 3.00. The van der Waals surface area contributed by atoms with E-state index in [2.05, 4.69) is 18.3 Å². The average molecular weight is 244 g/mol. The van der Waals surface area contributed by atoms with E-state index in [1.807, 2.05) is 18.2 Å². The fourth-order valence-electron chi connectivity index (χ4n) is 2.41. The highest BCUT2D eigenvalue weighted by Crippen LogP contribution is 2.54. The van der Waals surface area contributed by atoms with Crippen LogP contribution in [0.5, 0.6) is 0 Å². The molecule has 1 aromatic rings. The molecule has 2 aliphatic rings. The summed E-state index contributed by atoms with van der Waals surface area (Å²) in [6, 6.07) is 8.42. The van der Waals surface area contributed by atoms with Crippen LogP contribution >= 0.6 is 11.8 Å². The summed E-state index contributed by atoms with van der Waals surface area (Å²) in [7, 11) is 0. The third kappa shape index (κ3) is 1.54. The van der Waals surface area contributed by atoms with Gasteiger partial charge in [0, 0.05) is 4.90 Å². The summed E-state index contributed by atoms with van der Waals surface area (Å²) in [6.45, 7) is 2.09. The lowest BCUT2D eigenvalue weighted by molar-refractivity contribution is -0.113. The van der Waals surface area contributed by atoms with Crippen LogP contribution in [-0.4, -0.2) is 11.7 Å². The minimum absolute atomic E-state index is 0.0366. The summed E-state index contributed by atoms with van der Waals surface area (Å²) in [5.74, 6) is 0.929. The van der Waals surface area contributed by atoms with E-state index in [0.717, 1.165) is 22.6 Å². The van der Waals surface area contributed by atoms with Crippen molar-refractivity contribution in [2.75, 3.05) is 11.1 Å². The van der Waals surface area contributed by atoms with Crippen LogP contribution in [0, 0.1) is 17.2 Å². The largest absolute Gasteiger partial charge is 0.324 e. The van der Waals surface area contributed by atoms with Gasteiger partial charge in [-0.3, -0.25) is 4.79 Å². The summed E-state index contributed by atoms with van der Waals surface area (Å²) in [5.41, 5.74) is 1.58. The van der Waals surface area contributed by atoms with Gasteiger partial charge in [0.2, 0.25) is 5.91 Å². The number of rotatable bonds is 1. The summed E-state index contributed by atoms with van der Waals surface area (Å²) < 4.78 is 0. The van der Waals surface area contributed by atoms with Crippen molar-refractivity contribution in [1.29, 1.82) is 5.26 Å². The molecule has 0 radical (unpaired) electrons. The Morgan fingerprint density at radius 3 is 3.00 bits per heavy atom. The number of nitriles is 1. The van der Waals surface area contributed by atoms with Gasteiger partial charge < -0.3 is 5.32 Å². The van der Waals surface area contributed by atoms with Gasteiger partial charge in [-0.1, -0.05) is 13.0 Å². The van der Waals surface area contributed by atoms with E-state index in [4.69, 9.17) is 0 Å². The SMILES string of the molecule is CC1CC1(C#N)c1ccc2c(c1)NC(=O)CS2. The van der Waals surface area contributed by atoms with Crippen LogP contribution in [0.4, 0.5) is 5.69 Å². The number of amides is 1. The van der Waals surface area contributed by atoms with Crippen LogP contribution in [0.1, 0.15) is 18.9 Å². The van der Waals surface area contributed by atoms with Gasteiger partial charge in [-0.2, -0.15) is 5.26 Å². The van der Waals surface area contributed by atoms with E-state index in [1.54, 1.807) is 11.8 Å². The molecule has 0 spiro atoms. The Morgan fingerprint density at radius 2 is 2.35 bits per heavy atom. The number of fused-ring (bicyclic) bond motifs is 1. The predicted octanol–water partition coefficient (Wildman–Crippen LogP) is 2.53. The second-order valence-electron chi connectivity index (χ2n) is 4.74. The number of anilines is 1. The van der Waals surface area contributed by atoms with E-state index < -0.39 is 0 Å². The zero-order valence-electron chi connectivity index (χ0n) is 9.49. The van der Waals surface area contributed by atoms with Crippen LogP contribution in [0.3, 0.4) is 0 Å². The van der Waals surface area contributed by atoms with Gasteiger partial charge in [0.15, 0.2) is 0 Å². The first-order valence-corrected chi connectivity index (χ1v) is 6.63. The molecule has 0 bridgehead atoms. The third-order valence-corrected chi connectivity index (χ3v) is 4.71. The minimum Gasteiger partial charge on any atom is -0.324 e. The normalized spacial score (nSPS) is 30.1. The summed E-state index contributed by atoms with van der Waals surface area (Å²) in [5, 5.41) is 12.2. The number of nitrogens with zero attached hydrogens (tertiary/aromatic N) is 1. The first-order valence-electron chi connectivity index (χ1n) is 5.64. The van der Waals surface area contributed by atoms with E-state index >= 15 is 0 Å². The highest BCUT2D eigenvalue weighted by Gasteiger charge is 2.53. The standard InChI is InChI=1S/C13H12N2OS/c1-8-5-13(8,7-14)9-2-3-11-10(4-9)15-12(16)6-17-11/h2-4,8H,5-6H2,1H3,(H,15,16). The van der Waals surface area contributed by atoms with Crippen molar-refractivity contribution >= 4 is 23.4 Å². The number of nitrogens with one attached hydrogen (secondary N) is 1. The second kappa shape index (κ2) is 3.51. The number of hydrogen-bond acceptors (Lipinski definition) is 3. The van der Waals surface area contributed by atoms with Gasteiger partial charge in [-0.15, -0.1) is 11.8 Å². The molecule has 4 heteroatoms. The second-order valence-corrected chi connectivity index (χ2v) is 5.75. The third-order valence-electron chi connectivity index (χ3n) is 3.64. The minimum atomic E-state index is -0.318. The molecule has 3 nitrogen and oxygen atoms in total. The molecule has 0 aromatic heterocycles. The van der Waals surface area contributed by atoms with Gasteiger partial charge >= 0.3 is 0 Å². The first-order chi connectivity index (χ1) is 8.15. The fraction of sp³-hybridized carbons (Fsp3) is 0.385. The first kappa shape index (κ1) is 10.7. The molecule has 2 atom stereocenters. The monoisotopic (exact) mass is 244 g/mol. The Morgan fingerprint density at radius 1 is 1.59 bits per heavy atom. The Labute approximate surface area is 104 Å². The van der Waals surface area contributed by atoms with Gasteiger partial charge in [0.25, 0.3) is 0 Å². The van der Waals surface area contributed by atoms with Crippen molar-refractivity contribution in [3.63, 3.8) is 0 Å². The molecule has 1 aromatic carbocycles. The van der Waals surface area contributed by atoms with Crippen molar-refractivity contribution in [3.05, 3.63) is 23.8 Å².